The second-order valence-electron chi connectivity index (χ2n) is 5.61. The van der Waals surface area contributed by atoms with Gasteiger partial charge in [0.15, 0.2) is 11.9 Å². The number of hydrogen-bond donors (Lipinski definition) is 1. The molecule has 26 heavy (non-hydrogen) atoms. The van der Waals surface area contributed by atoms with Crippen molar-refractivity contribution in [2.45, 2.75) is 18.9 Å². The zero-order chi connectivity index (χ0) is 18.5. The Kier molecular flexibility index (Phi) is 5.81. The van der Waals surface area contributed by atoms with Crippen LogP contribution in [-0.2, 0) is 11.2 Å². The molecule has 2 aromatic carbocycles. The van der Waals surface area contributed by atoms with E-state index in [-0.39, 0.29) is 17.2 Å². The van der Waals surface area contributed by atoms with E-state index in [0.717, 1.165) is 5.56 Å². The number of nitrogens with zero attached hydrogens (tertiary/aromatic N) is 1. The maximum atomic E-state index is 11.7. The van der Waals surface area contributed by atoms with E-state index >= 15 is 0 Å². The number of carboxylic acid groups (broad SMARTS) is 1. The average Bonchev–Trinajstić information content (AvgIpc) is 3.15. The smallest absolute Gasteiger partial charge is 0.344 e. The standard InChI is InChI=1S/C19H15Cl2NO4/c20-13-10-14(16-8-9-22-26-16)18(15(21)11-13)25-17(19(23)24)7-6-12-4-2-1-3-5-12/h1-5,8-11,17H,6-7H2,(H,23,24). The van der Waals surface area contributed by atoms with E-state index in [9.17, 15) is 9.90 Å². The number of carboxylic acids is 1. The maximum Gasteiger partial charge on any atom is 0.344 e. The summed E-state index contributed by atoms with van der Waals surface area (Å²) in [4.78, 5) is 11.7. The van der Waals surface area contributed by atoms with E-state index in [1.54, 1.807) is 12.1 Å². The number of aromatic nitrogens is 1. The molecule has 1 heterocycles. The number of halogens is 2. The molecule has 1 atom stereocenters. The Labute approximate surface area is 160 Å². The van der Waals surface area contributed by atoms with Crippen LogP contribution in [0, 0.1) is 0 Å². The van der Waals surface area contributed by atoms with Crippen LogP contribution in [0.1, 0.15) is 12.0 Å². The van der Waals surface area contributed by atoms with Crippen LogP contribution in [-0.4, -0.2) is 22.3 Å². The summed E-state index contributed by atoms with van der Waals surface area (Å²) >= 11 is 12.3. The zero-order valence-electron chi connectivity index (χ0n) is 13.6. The van der Waals surface area contributed by atoms with Gasteiger partial charge in [-0.1, -0.05) is 58.7 Å². The first-order chi connectivity index (χ1) is 12.5. The molecular weight excluding hydrogens is 377 g/mol. The van der Waals surface area contributed by atoms with Crippen molar-refractivity contribution < 1.29 is 19.2 Å². The monoisotopic (exact) mass is 391 g/mol. The summed E-state index contributed by atoms with van der Waals surface area (Å²) in [7, 11) is 0. The minimum atomic E-state index is -1.07. The van der Waals surface area contributed by atoms with Crippen LogP contribution >= 0.6 is 23.2 Å². The minimum Gasteiger partial charge on any atom is -0.479 e. The fourth-order valence-electron chi connectivity index (χ4n) is 2.54. The molecule has 0 bridgehead atoms. The molecule has 1 unspecified atom stereocenters. The van der Waals surface area contributed by atoms with Gasteiger partial charge < -0.3 is 14.4 Å². The van der Waals surface area contributed by atoms with Crippen LogP contribution in [0.5, 0.6) is 5.75 Å². The summed E-state index contributed by atoms with van der Waals surface area (Å²) in [6.07, 6.45) is 1.24. The lowest BCUT2D eigenvalue weighted by Gasteiger charge is -2.18. The second-order valence-corrected chi connectivity index (χ2v) is 6.45. The van der Waals surface area contributed by atoms with Gasteiger partial charge in [0.25, 0.3) is 0 Å². The Hall–Kier alpha value is -2.50. The Morgan fingerprint density at radius 3 is 2.62 bits per heavy atom. The quantitative estimate of drug-likeness (QED) is 0.605. The molecule has 0 radical (unpaired) electrons. The summed E-state index contributed by atoms with van der Waals surface area (Å²) in [6, 6.07) is 14.3. The van der Waals surface area contributed by atoms with Crippen molar-refractivity contribution in [3.8, 4) is 17.1 Å². The summed E-state index contributed by atoms with van der Waals surface area (Å²) < 4.78 is 10.9. The fourth-order valence-corrected chi connectivity index (χ4v) is 3.07. The van der Waals surface area contributed by atoms with Crippen molar-refractivity contribution in [3.05, 3.63) is 70.3 Å². The molecule has 0 aliphatic rings. The van der Waals surface area contributed by atoms with Crippen molar-refractivity contribution in [1.82, 2.24) is 5.16 Å². The number of benzene rings is 2. The number of ether oxygens (including phenoxy) is 1. The Morgan fingerprint density at radius 2 is 1.96 bits per heavy atom. The summed E-state index contributed by atoms with van der Waals surface area (Å²) in [5, 5.41) is 13.8. The molecule has 0 saturated carbocycles. The van der Waals surface area contributed by atoms with E-state index in [2.05, 4.69) is 5.16 Å². The van der Waals surface area contributed by atoms with Gasteiger partial charge >= 0.3 is 5.97 Å². The van der Waals surface area contributed by atoms with Gasteiger partial charge in [-0.05, 0) is 30.5 Å². The van der Waals surface area contributed by atoms with Crippen molar-refractivity contribution in [2.24, 2.45) is 0 Å². The molecule has 5 nitrogen and oxygen atoms in total. The van der Waals surface area contributed by atoms with E-state index in [4.69, 9.17) is 32.5 Å². The predicted octanol–water partition coefficient (Wildman–Crippen LogP) is 5.11. The highest BCUT2D eigenvalue weighted by Gasteiger charge is 2.24. The number of aryl methyl sites for hydroxylation is 1. The van der Waals surface area contributed by atoms with Crippen LogP contribution in [0.25, 0.3) is 11.3 Å². The van der Waals surface area contributed by atoms with E-state index in [1.807, 2.05) is 30.3 Å². The van der Waals surface area contributed by atoms with Crippen molar-refractivity contribution in [3.63, 3.8) is 0 Å². The third-order valence-electron chi connectivity index (χ3n) is 3.79. The third-order valence-corrected chi connectivity index (χ3v) is 4.28. The first-order valence-electron chi connectivity index (χ1n) is 7.88. The van der Waals surface area contributed by atoms with E-state index in [1.165, 1.54) is 12.3 Å². The molecule has 7 heteroatoms. The van der Waals surface area contributed by atoms with Gasteiger partial charge in [0, 0.05) is 11.1 Å². The van der Waals surface area contributed by atoms with Gasteiger partial charge in [0.1, 0.15) is 5.75 Å². The molecule has 0 aliphatic carbocycles. The Balaban J connectivity index is 1.86. The van der Waals surface area contributed by atoms with Gasteiger partial charge in [0.05, 0.1) is 16.8 Å². The Morgan fingerprint density at radius 1 is 1.19 bits per heavy atom. The van der Waals surface area contributed by atoms with Gasteiger partial charge in [-0.3, -0.25) is 0 Å². The third kappa shape index (κ3) is 4.36. The summed E-state index contributed by atoms with van der Waals surface area (Å²) in [6.45, 7) is 0. The largest absolute Gasteiger partial charge is 0.479 e. The Bertz CT molecular complexity index is 882. The molecule has 0 fully saturated rings. The summed E-state index contributed by atoms with van der Waals surface area (Å²) in [5.41, 5.74) is 1.48. The maximum absolute atomic E-state index is 11.7. The minimum absolute atomic E-state index is 0.202. The molecule has 0 spiro atoms. The lowest BCUT2D eigenvalue weighted by atomic mass is 10.1. The van der Waals surface area contributed by atoms with E-state index < -0.39 is 12.1 Å². The molecule has 134 valence electrons. The van der Waals surface area contributed by atoms with Crippen LogP contribution in [0.4, 0.5) is 0 Å². The first-order valence-corrected chi connectivity index (χ1v) is 8.63. The molecule has 0 aliphatic heterocycles. The van der Waals surface area contributed by atoms with Gasteiger partial charge in [-0.15, -0.1) is 0 Å². The number of hydrogen-bond acceptors (Lipinski definition) is 4. The highest BCUT2D eigenvalue weighted by atomic mass is 35.5. The predicted molar refractivity (Wildman–Crippen MR) is 98.8 cm³/mol. The van der Waals surface area contributed by atoms with Gasteiger partial charge in [0.2, 0.25) is 0 Å². The molecule has 1 aromatic heterocycles. The van der Waals surface area contributed by atoms with Crippen LogP contribution in [0.3, 0.4) is 0 Å². The van der Waals surface area contributed by atoms with Crippen LogP contribution in [0.15, 0.2) is 59.3 Å². The highest BCUT2D eigenvalue weighted by molar-refractivity contribution is 6.36. The molecule has 0 saturated heterocycles. The fraction of sp³-hybridized carbons (Fsp3) is 0.158. The topological polar surface area (TPSA) is 72.6 Å². The first kappa shape index (κ1) is 18.3. The average molecular weight is 392 g/mol. The lowest BCUT2D eigenvalue weighted by Crippen LogP contribution is -2.28. The second kappa shape index (κ2) is 8.25. The van der Waals surface area contributed by atoms with Gasteiger partial charge in [-0.2, -0.15) is 0 Å². The zero-order valence-corrected chi connectivity index (χ0v) is 15.1. The van der Waals surface area contributed by atoms with Crippen LogP contribution in [0.2, 0.25) is 10.0 Å². The molecule has 1 N–H and O–H groups in total. The number of rotatable bonds is 7. The van der Waals surface area contributed by atoms with Crippen LogP contribution < -0.4 is 4.74 Å². The highest BCUT2D eigenvalue weighted by Crippen LogP contribution is 2.39. The molecule has 3 aromatic rings. The van der Waals surface area contributed by atoms with Crippen molar-refractivity contribution >= 4 is 29.2 Å². The number of carbonyl (C=O) groups is 1. The molecule has 3 rings (SSSR count). The lowest BCUT2D eigenvalue weighted by molar-refractivity contribution is -0.145. The molecular formula is C19H15Cl2NO4. The van der Waals surface area contributed by atoms with E-state index in [0.29, 0.717) is 22.8 Å². The van der Waals surface area contributed by atoms with Crippen molar-refractivity contribution in [1.29, 1.82) is 0 Å². The van der Waals surface area contributed by atoms with Gasteiger partial charge in [-0.25, -0.2) is 4.79 Å². The summed E-state index contributed by atoms with van der Waals surface area (Å²) in [5.74, 6) is -0.486. The normalized spacial score (nSPS) is 11.9. The van der Waals surface area contributed by atoms with Crippen molar-refractivity contribution in [2.75, 3.05) is 0 Å². The number of aliphatic carboxylic acids is 1. The molecule has 0 amide bonds. The SMILES string of the molecule is O=C(O)C(CCc1ccccc1)Oc1c(Cl)cc(Cl)cc1-c1ccno1.